The van der Waals surface area contributed by atoms with E-state index in [1.165, 1.54) is 5.56 Å². The molecule has 3 rings (SSSR count). The van der Waals surface area contributed by atoms with Crippen LogP contribution in [-0.4, -0.2) is 58.0 Å². The molecule has 0 aromatic carbocycles. The number of aliphatic imine (C=N–C) groups is 1. The van der Waals surface area contributed by atoms with Crippen LogP contribution >= 0.6 is 11.8 Å². The fourth-order valence-electron chi connectivity index (χ4n) is 2.32. The van der Waals surface area contributed by atoms with Crippen molar-refractivity contribution in [3.8, 4) is 0 Å². The average molecular weight is 362 g/mol. The van der Waals surface area contributed by atoms with E-state index in [9.17, 15) is 0 Å². The molecule has 0 spiro atoms. The second-order valence-electron chi connectivity index (χ2n) is 5.58. The molecule has 0 aliphatic carbocycles. The van der Waals surface area contributed by atoms with Gasteiger partial charge in [0, 0.05) is 44.6 Å². The molecule has 0 saturated heterocycles. The number of rotatable bonds is 8. The second-order valence-corrected chi connectivity index (χ2v) is 6.66. The molecule has 0 fully saturated rings. The topological polar surface area (TPSA) is 88.7 Å². The number of aromatic nitrogens is 3. The van der Waals surface area contributed by atoms with Crippen molar-refractivity contribution < 1.29 is 9.26 Å². The lowest BCUT2D eigenvalue weighted by Gasteiger charge is -2.26. The molecule has 25 heavy (non-hydrogen) atoms. The molecule has 1 aliphatic rings. The van der Waals surface area contributed by atoms with Gasteiger partial charge >= 0.3 is 0 Å². The van der Waals surface area contributed by atoms with Crippen LogP contribution in [0.3, 0.4) is 0 Å². The summed E-state index contributed by atoms with van der Waals surface area (Å²) in [6.07, 6.45) is 5.08. The standard InChI is InChI=1S/C16H22N6O2S/c1-23-7-4-14-20-15(24-21-14)5-8-25-16-18-11-22(12-19-16)10-13-3-2-6-17-9-13/h2-3,6,9H,4-5,7-8,10-12H2,1H3,(H,18,19). The van der Waals surface area contributed by atoms with Crippen LogP contribution in [0.15, 0.2) is 34.0 Å². The lowest BCUT2D eigenvalue weighted by Crippen LogP contribution is -2.41. The van der Waals surface area contributed by atoms with Crippen LogP contribution in [0, 0.1) is 0 Å². The Balaban J connectivity index is 1.37. The summed E-state index contributed by atoms with van der Waals surface area (Å²) in [5.41, 5.74) is 1.19. The molecule has 0 amide bonds. The fraction of sp³-hybridized carbons (Fsp3) is 0.500. The third-order valence-corrected chi connectivity index (χ3v) is 4.55. The second kappa shape index (κ2) is 9.50. The number of amidine groups is 1. The van der Waals surface area contributed by atoms with E-state index in [1.54, 1.807) is 25.1 Å². The first-order valence-corrected chi connectivity index (χ1v) is 9.15. The maximum absolute atomic E-state index is 5.23. The van der Waals surface area contributed by atoms with Crippen LogP contribution in [0.1, 0.15) is 17.3 Å². The van der Waals surface area contributed by atoms with Crippen molar-refractivity contribution in [2.75, 3.05) is 32.8 Å². The number of ether oxygens (including phenoxy) is 1. The SMILES string of the molecule is COCCc1noc(CCSC2=NCN(Cc3cccnc3)CN2)n1. The van der Waals surface area contributed by atoms with Crippen LogP contribution in [0.2, 0.25) is 0 Å². The maximum atomic E-state index is 5.23. The average Bonchev–Trinajstić information content (AvgIpc) is 3.10. The van der Waals surface area contributed by atoms with Crippen molar-refractivity contribution >= 4 is 16.9 Å². The van der Waals surface area contributed by atoms with Crippen LogP contribution < -0.4 is 5.32 Å². The summed E-state index contributed by atoms with van der Waals surface area (Å²) >= 11 is 1.68. The molecule has 0 bridgehead atoms. The van der Waals surface area contributed by atoms with Gasteiger partial charge in [0.05, 0.1) is 19.9 Å². The van der Waals surface area contributed by atoms with Gasteiger partial charge in [0.25, 0.3) is 0 Å². The Morgan fingerprint density at radius 1 is 1.40 bits per heavy atom. The van der Waals surface area contributed by atoms with Crippen molar-refractivity contribution in [2.45, 2.75) is 19.4 Å². The Hall–Kier alpha value is -1.97. The van der Waals surface area contributed by atoms with E-state index in [2.05, 4.69) is 36.4 Å². The zero-order valence-electron chi connectivity index (χ0n) is 14.2. The quantitative estimate of drug-likeness (QED) is 0.752. The van der Waals surface area contributed by atoms with E-state index in [1.807, 2.05) is 12.3 Å². The normalized spacial score (nSPS) is 15.0. The van der Waals surface area contributed by atoms with Gasteiger partial charge in [-0.2, -0.15) is 4.98 Å². The number of thioether (sulfide) groups is 1. The number of pyridine rings is 1. The molecule has 0 unspecified atom stereocenters. The number of hydrogen-bond donors (Lipinski definition) is 1. The maximum Gasteiger partial charge on any atom is 0.227 e. The van der Waals surface area contributed by atoms with Crippen LogP contribution in [-0.2, 0) is 24.1 Å². The van der Waals surface area contributed by atoms with Crippen molar-refractivity contribution in [3.63, 3.8) is 0 Å². The molecule has 2 aromatic rings. The summed E-state index contributed by atoms with van der Waals surface area (Å²) in [6, 6.07) is 4.03. The summed E-state index contributed by atoms with van der Waals surface area (Å²) < 4.78 is 10.2. The predicted molar refractivity (Wildman–Crippen MR) is 96.1 cm³/mol. The van der Waals surface area contributed by atoms with Gasteiger partial charge in [0.2, 0.25) is 5.89 Å². The predicted octanol–water partition coefficient (Wildman–Crippen LogP) is 1.31. The van der Waals surface area contributed by atoms with Crippen molar-refractivity contribution in [1.82, 2.24) is 25.3 Å². The number of aryl methyl sites for hydroxylation is 1. The highest BCUT2D eigenvalue weighted by Gasteiger charge is 2.13. The molecule has 3 heterocycles. The third kappa shape index (κ3) is 5.80. The molecule has 8 nitrogen and oxygen atoms in total. The minimum Gasteiger partial charge on any atom is -0.384 e. The van der Waals surface area contributed by atoms with E-state index in [4.69, 9.17) is 9.26 Å². The van der Waals surface area contributed by atoms with Gasteiger partial charge in [-0.1, -0.05) is 23.0 Å². The highest BCUT2D eigenvalue weighted by molar-refractivity contribution is 8.13. The highest BCUT2D eigenvalue weighted by Crippen LogP contribution is 2.11. The van der Waals surface area contributed by atoms with E-state index in [0.717, 1.165) is 30.6 Å². The third-order valence-electron chi connectivity index (χ3n) is 3.59. The minimum absolute atomic E-state index is 0.601. The highest BCUT2D eigenvalue weighted by atomic mass is 32.2. The molecule has 9 heteroatoms. The molecule has 0 atom stereocenters. The molecular weight excluding hydrogens is 340 g/mol. The summed E-state index contributed by atoms with van der Waals surface area (Å²) in [7, 11) is 1.66. The van der Waals surface area contributed by atoms with Crippen molar-refractivity contribution in [3.05, 3.63) is 41.8 Å². The Morgan fingerprint density at radius 2 is 2.36 bits per heavy atom. The first kappa shape index (κ1) is 17.8. The fourth-order valence-corrected chi connectivity index (χ4v) is 3.11. The number of nitrogens with zero attached hydrogens (tertiary/aromatic N) is 5. The first-order chi connectivity index (χ1) is 12.3. The molecule has 0 radical (unpaired) electrons. The van der Waals surface area contributed by atoms with Gasteiger partial charge in [-0.05, 0) is 11.6 Å². The van der Waals surface area contributed by atoms with Gasteiger partial charge < -0.3 is 14.6 Å². The molecule has 1 N–H and O–H groups in total. The summed E-state index contributed by atoms with van der Waals surface area (Å²) in [5, 5.41) is 8.24. The zero-order chi connectivity index (χ0) is 17.3. The Bertz CT molecular complexity index is 678. The van der Waals surface area contributed by atoms with E-state index < -0.39 is 0 Å². The molecule has 134 valence electrons. The largest absolute Gasteiger partial charge is 0.384 e. The summed E-state index contributed by atoms with van der Waals surface area (Å²) in [5.74, 6) is 2.20. The summed E-state index contributed by atoms with van der Waals surface area (Å²) in [6.45, 7) is 2.91. The Morgan fingerprint density at radius 3 is 3.12 bits per heavy atom. The van der Waals surface area contributed by atoms with Gasteiger partial charge in [0.15, 0.2) is 11.0 Å². The Labute approximate surface area is 151 Å². The van der Waals surface area contributed by atoms with Gasteiger partial charge in [-0.25, -0.2) is 4.99 Å². The smallest absolute Gasteiger partial charge is 0.227 e. The van der Waals surface area contributed by atoms with Gasteiger partial charge in [-0.15, -0.1) is 0 Å². The van der Waals surface area contributed by atoms with Gasteiger partial charge in [0.1, 0.15) is 0 Å². The Kier molecular flexibility index (Phi) is 6.78. The van der Waals surface area contributed by atoms with E-state index >= 15 is 0 Å². The van der Waals surface area contributed by atoms with E-state index in [-0.39, 0.29) is 0 Å². The lowest BCUT2D eigenvalue weighted by atomic mass is 10.3. The van der Waals surface area contributed by atoms with E-state index in [0.29, 0.717) is 31.4 Å². The van der Waals surface area contributed by atoms with Crippen molar-refractivity contribution in [2.24, 2.45) is 4.99 Å². The molecule has 0 saturated carbocycles. The molecule has 1 aliphatic heterocycles. The summed E-state index contributed by atoms with van der Waals surface area (Å²) in [4.78, 5) is 15.3. The number of methoxy groups -OCH3 is 1. The zero-order valence-corrected chi connectivity index (χ0v) is 15.0. The molecule has 2 aromatic heterocycles. The lowest BCUT2D eigenvalue weighted by molar-refractivity contribution is 0.199. The number of nitrogens with one attached hydrogen (secondary N) is 1. The van der Waals surface area contributed by atoms with Crippen molar-refractivity contribution in [1.29, 1.82) is 0 Å². The van der Waals surface area contributed by atoms with Gasteiger partial charge in [-0.3, -0.25) is 9.88 Å². The number of hydrogen-bond acceptors (Lipinski definition) is 9. The van der Waals surface area contributed by atoms with Crippen LogP contribution in [0.4, 0.5) is 0 Å². The monoisotopic (exact) mass is 362 g/mol. The van der Waals surface area contributed by atoms with Crippen LogP contribution in [0.5, 0.6) is 0 Å². The first-order valence-electron chi connectivity index (χ1n) is 8.16. The minimum atomic E-state index is 0.601. The van der Waals surface area contributed by atoms with Crippen LogP contribution in [0.25, 0.3) is 0 Å². The molecular formula is C16H22N6O2S.